The van der Waals surface area contributed by atoms with E-state index in [9.17, 15) is 0 Å². The second-order valence-electron chi connectivity index (χ2n) is 17.1. The summed E-state index contributed by atoms with van der Waals surface area (Å²) in [6, 6.07) is 92.3. The molecule has 0 N–H and O–H groups in total. The van der Waals surface area contributed by atoms with Crippen molar-refractivity contribution in [2.45, 2.75) is 5.41 Å². The zero-order chi connectivity index (χ0) is 42.2. The number of nitrogens with zero attached hydrogens (tertiary/aromatic N) is 1. The van der Waals surface area contributed by atoms with Crippen LogP contribution in [-0.4, -0.2) is 4.57 Å². The average Bonchev–Trinajstić information content (AvgIpc) is 3.86. The molecule has 0 fully saturated rings. The number of hydrogen-bond donors (Lipinski definition) is 0. The molecule has 0 unspecified atom stereocenters. The SMILES string of the molecule is c1ccc(-c2c3ccccc3c(-c3ccccc3)c3cc(-c4ccc5c(c4)C(c4ccccc4)(c4ccccc4)c4cc(-n6c7ccccc7c7ccccc76)ccc4-5)ccc23)cc1. The van der Waals surface area contributed by atoms with Crippen LogP contribution in [-0.2, 0) is 5.41 Å². The standard InChI is InChI=1S/C63H41N/c1-5-19-42(20-6-1)61-53-29-13-14-30-54(53)62(43-21-7-2-8-22-43)56-39-44(34-37-55(56)61)45-33-36-49-50-38-35-48(64-59-31-17-15-27-51(59)52-28-16-18-32-60(52)64)41-58(50)63(57(49)40-45,46-23-9-3-10-24-46)47-25-11-4-12-26-47/h1-41H. The van der Waals surface area contributed by atoms with Crippen LogP contribution in [0.25, 0.3) is 93.5 Å². The van der Waals surface area contributed by atoms with Crippen LogP contribution < -0.4 is 0 Å². The monoisotopic (exact) mass is 811 g/mol. The molecule has 12 aromatic rings. The van der Waals surface area contributed by atoms with Crippen molar-refractivity contribution in [2.24, 2.45) is 0 Å². The van der Waals surface area contributed by atoms with Crippen LogP contribution in [0, 0.1) is 0 Å². The van der Waals surface area contributed by atoms with Gasteiger partial charge in [0, 0.05) is 16.5 Å². The highest BCUT2D eigenvalue weighted by molar-refractivity contribution is 6.22. The molecular formula is C63H41N. The zero-order valence-corrected chi connectivity index (χ0v) is 35.1. The maximum Gasteiger partial charge on any atom is 0.0714 e. The molecular weight excluding hydrogens is 771 g/mol. The Morgan fingerprint density at radius 3 is 1.23 bits per heavy atom. The van der Waals surface area contributed by atoms with Crippen molar-refractivity contribution in [3.8, 4) is 50.2 Å². The lowest BCUT2D eigenvalue weighted by Crippen LogP contribution is -2.28. The van der Waals surface area contributed by atoms with Crippen LogP contribution in [0.1, 0.15) is 22.3 Å². The first-order chi connectivity index (χ1) is 31.8. The van der Waals surface area contributed by atoms with Gasteiger partial charge >= 0.3 is 0 Å². The fourth-order valence-corrected chi connectivity index (χ4v) is 11.2. The lowest BCUT2D eigenvalue weighted by atomic mass is 9.67. The fourth-order valence-electron chi connectivity index (χ4n) is 11.2. The van der Waals surface area contributed by atoms with Gasteiger partial charge in [-0.1, -0.05) is 212 Å². The number of rotatable bonds is 6. The maximum absolute atomic E-state index is 2.50. The predicted molar refractivity (Wildman–Crippen MR) is 269 cm³/mol. The molecule has 0 aliphatic heterocycles. The fraction of sp³-hybridized carbons (Fsp3) is 0.0159. The van der Waals surface area contributed by atoms with E-state index >= 15 is 0 Å². The van der Waals surface area contributed by atoms with Crippen LogP contribution in [0.2, 0.25) is 0 Å². The lowest BCUT2D eigenvalue weighted by Gasteiger charge is -2.34. The van der Waals surface area contributed by atoms with Crippen molar-refractivity contribution in [3.05, 3.63) is 271 Å². The summed E-state index contributed by atoms with van der Waals surface area (Å²) in [5.41, 5.74) is 18.0. The van der Waals surface area contributed by atoms with E-state index in [1.54, 1.807) is 0 Å². The third-order valence-corrected chi connectivity index (χ3v) is 13.9. The van der Waals surface area contributed by atoms with Gasteiger partial charge in [-0.15, -0.1) is 0 Å². The molecule has 0 spiro atoms. The van der Waals surface area contributed by atoms with Crippen molar-refractivity contribution < 1.29 is 0 Å². The molecule has 0 amide bonds. The Kier molecular flexibility index (Phi) is 8.20. The zero-order valence-electron chi connectivity index (χ0n) is 35.1. The Hall–Kier alpha value is -8.26. The van der Waals surface area contributed by atoms with E-state index in [-0.39, 0.29) is 0 Å². The second kappa shape index (κ2) is 14.4. The number of fused-ring (bicyclic) bond motifs is 8. The predicted octanol–water partition coefficient (Wildman–Crippen LogP) is 16.5. The summed E-state index contributed by atoms with van der Waals surface area (Å²) in [6.07, 6.45) is 0. The van der Waals surface area contributed by atoms with Gasteiger partial charge in [-0.25, -0.2) is 0 Å². The molecule has 1 aliphatic rings. The van der Waals surface area contributed by atoms with Crippen molar-refractivity contribution in [1.82, 2.24) is 4.57 Å². The minimum atomic E-state index is -0.583. The average molecular weight is 812 g/mol. The molecule has 64 heavy (non-hydrogen) atoms. The number of para-hydroxylation sites is 2. The van der Waals surface area contributed by atoms with Crippen molar-refractivity contribution >= 4 is 43.4 Å². The summed E-state index contributed by atoms with van der Waals surface area (Å²) in [7, 11) is 0. The van der Waals surface area contributed by atoms with Gasteiger partial charge in [0.1, 0.15) is 0 Å². The molecule has 298 valence electrons. The smallest absolute Gasteiger partial charge is 0.0714 e. The molecule has 1 nitrogen and oxygen atoms in total. The minimum absolute atomic E-state index is 0.583. The molecule has 0 saturated heterocycles. The molecule has 11 aromatic carbocycles. The highest BCUT2D eigenvalue weighted by Crippen LogP contribution is 2.57. The van der Waals surface area contributed by atoms with Crippen LogP contribution in [0.15, 0.2) is 249 Å². The van der Waals surface area contributed by atoms with Gasteiger partial charge in [0.15, 0.2) is 0 Å². The first kappa shape index (κ1) is 36.4. The summed E-state index contributed by atoms with van der Waals surface area (Å²) in [5, 5.41) is 7.55. The van der Waals surface area contributed by atoms with Crippen LogP contribution in [0.4, 0.5) is 0 Å². The normalized spacial score (nSPS) is 12.8. The van der Waals surface area contributed by atoms with E-state index in [4.69, 9.17) is 0 Å². The van der Waals surface area contributed by atoms with Gasteiger partial charge < -0.3 is 4.57 Å². The van der Waals surface area contributed by atoms with Gasteiger partial charge in [0.05, 0.1) is 16.4 Å². The first-order valence-corrected chi connectivity index (χ1v) is 22.3. The molecule has 1 heteroatoms. The number of benzene rings is 11. The first-order valence-electron chi connectivity index (χ1n) is 22.3. The van der Waals surface area contributed by atoms with Crippen molar-refractivity contribution in [1.29, 1.82) is 0 Å². The molecule has 1 aromatic heterocycles. The van der Waals surface area contributed by atoms with E-state index in [0.717, 1.165) is 5.69 Å². The van der Waals surface area contributed by atoms with E-state index in [1.807, 2.05) is 0 Å². The summed E-state index contributed by atoms with van der Waals surface area (Å²) in [6.45, 7) is 0. The summed E-state index contributed by atoms with van der Waals surface area (Å²) in [5.74, 6) is 0. The van der Waals surface area contributed by atoms with Crippen LogP contribution >= 0.6 is 0 Å². The Bertz CT molecular complexity index is 3660. The van der Waals surface area contributed by atoms with Gasteiger partial charge in [-0.3, -0.25) is 0 Å². The summed E-state index contributed by atoms with van der Waals surface area (Å²) >= 11 is 0. The van der Waals surface area contributed by atoms with E-state index < -0.39 is 5.41 Å². The Morgan fingerprint density at radius 2 is 0.672 bits per heavy atom. The molecule has 0 radical (unpaired) electrons. The van der Waals surface area contributed by atoms with Gasteiger partial charge in [-0.05, 0) is 125 Å². The highest BCUT2D eigenvalue weighted by Gasteiger charge is 2.46. The molecule has 1 heterocycles. The molecule has 1 aliphatic carbocycles. The Morgan fingerprint density at radius 1 is 0.266 bits per heavy atom. The van der Waals surface area contributed by atoms with Crippen LogP contribution in [0.5, 0.6) is 0 Å². The van der Waals surface area contributed by atoms with Gasteiger partial charge in [0.25, 0.3) is 0 Å². The topological polar surface area (TPSA) is 4.93 Å². The number of hydrogen-bond acceptors (Lipinski definition) is 0. The third-order valence-electron chi connectivity index (χ3n) is 13.9. The van der Waals surface area contributed by atoms with E-state index in [0.29, 0.717) is 0 Å². The van der Waals surface area contributed by atoms with Gasteiger partial charge in [0.2, 0.25) is 0 Å². The van der Waals surface area contributed by atoms with E-state index in [1.165, 1.54) is 110 Å². The third kappa shape index (κ3) is 5.31. The lowest BCUT2D eigenvalue weighted by molar-refractivity contribution is 0.768. The largest absolute Gasteiger partial charge is 0.309 e. The number of aromatic nitrogens is 1. The van der Waals surface area contributed by atoms with Gasteiger partial charge in [-0.2, -0.15) is 0 Å². The van der Waals surface area contributed by atoms with Crippen LogP contribution in [0.3, 0.4) is 0 Å². The minimum Gasteiger partial charge on any atom is -0.309 e. The Balaban J connectivity index is 1.08. The molecule has 0 saturated carbocycles. The van der Waals surface area contributed by atoms with E-state index in [2.05, 4.69) is 253 Å². The second-order valence-corrected chi connectivity index (χ2v) is 17.1. The Labute approximate surface area is 372 Å². The molecule has 0 bridgehead atoms. The maximum atomic E-state index is 2.50. The van der Waals surface area contributed by atoms with Crippen molar-refractivity contribution in [2.75, 3.05) is 0 Å². The quantitative estimate of drug-likeness (QED) is 0.147. The highest BCUT2D eigenvalue weighted by atomic mass is 15.0. The van der Waals surface area contributed by atoms with Crippen molar-refractivity contribution in [3.63, 3.8) is 0 Å². The molecule has 0 atom stereocenters. The summed E-state index contributed by atoms with van der Waals surface area (Å²) < 4.78 is 2.45. The summed E-state index contributed by atoms with van der Waals surface area (Å²) in [4.78, 5) is 0. The molecule has 13 rings (SSSR count).